The van der Waals surface area contributed by atoms with Crippen LogP contribution >= 0.6 is 0 Å². The monoisotopic (exact) mass is 430 g/mol. The first-order valence-corrected chi connectivity index (χ1v) is 10.3. The molecule has 0 radical (unpaired) electrons. The predicted molar refractivity (Wildman–Crippen MR) is 116 cm³/mol. The Labute approximate surface area is 181 Å². The average molecular weight is 430 g/mol. The molecule has 0 bridgehead atoms. The Morgan fingerprint density at radius 1 is 1.16 bits per heavy atom. The molecule has 0 saturated carbocycles. The molecule has 0 aromatic heterocycles. The standard InChI is InChI=1S/C23H28F2N4O2/c1-26-23(28(2)14-17-9-11-20(12-10-17)31-22(24)25)27-13-5-8-21(30)29-15-18-6-3-4-7-19(18)16-29/h3-4,6-7,9-12,22H,5,8,13-16H2,1-2H3,(H,26,27). The number of aliphatic imine (C=N–C) groups is 1. The summed E-state index contributed by atoms with van der Waals surface area (Å²) in [7, 11) is 3.59. The van der Waals surface area contributed by atoms with Crippen LogP contribution in [0.4, 0.5) is 8.78 Å². The van der Waals surface area contributed by atoms with E-state index in [-0.39, 0.29) is 11.7 Å². The minimum absolute atomic E-state index is 0.134. The van der Waals surface area contributed by atoms with Gasteiger partial charge in [0.15, 0.2) is 5.96 Å². The fourth-order valence-electron chi connectivity index (χ4n) is 3.62. The van der Waals surface area contributed by atoms with Gasteiger partial charge in [0.1, 0.15) is 5.75 Å². The summed E-state index contributed by atoms with van der Waals surface area (Å²) in [6.45, 7) is -0.268. The van der Waals surface area contributed by atoms with Crippen LogP contribution in [0.15, 0.2) is 53.5 Å². The first kappa shape index (κ1) is 22.5. The quantitative estimate of drug-likeness (QED) is 0.395. The van der Waals surface area contributed by atoms with Crippen LogP contribution < -0.4 is 10.1 Å². The van der Waals surface area contributed by atoms with Crippen LogP contribution in [0.3, 0.4) is 0 Å². The van der Waals surface area contributed by atoms with E-state index in [4.69, 9.17) is 0 Å². The average Bonchev–Trinajstić information content (AvgIpc) is 3.19. The molecule has 2 aromatic carbocycles. The third-order valence-electron chi connectivity index (χ3n) is 5.19. The molecule has 6 nitrogen and oxygen atoms in total. The van der Waals surface area contributed by atoms with Crippen LogP contribution in [0.1, 0.15) is 29.5 Å². The smallest absolute Gasteiger partial charge is 0.387 e. The van der Waals surface area contributed by atoms with Crippen LogP contribution in [-0.4, -0.2) is 48.9 Å². The Hall–Kier alpha value is -3.16. The summed E-state index contributed by atoms with van der Waals surface area (Å²) in [5.41, 5.74) is 3.39. The summed E-state index contributed by atoms with van der Waals surface area (Å²) < 4.78 is 28.9. The van der Waals surface area contributed by atoms with Crippen LogP contribution in [0.2, 0.25) is 0 Å². The van der Waals surface area contributed by atoms with Gasteiger partial charge in [-0.2, -0.15) is 8.78 Å². The molecule has 8 heteroatoms. The summed E-state index contributed by atoms with van der Waals surface area (Å²) in [6, 6.07) is 14.7. The Bertz CT molecular complexity index is 878. The number of carbonyl (C=O) groups excluding carboxylic acids is 1. The van der Waals surface area contributed by atoms with Gasteiger partial charge in [-0.15, -0.1) is 0 Å². The van der Waals surface area contributed by atoms with Crippen LogP contribution in [0.25, 0.3) is 0 Å². The van der Waals surface area contributed by atoms with E-state index in [0.717, 1.165) is 5.56 Å². The third-order valence-corrected chi connectivity index (χ3v) is 5.19. The molecule has 1 aliphatic rings. The van der Waals surface area contributed by atoms with E-state index < -0.39 is 6.61 Å². The number of hydrogen-bond acceptors (Lipinski definition) is 3. The van der Waals surface area contributed by atoms with E-state index in [1.807, 2.05) is 29.0 Å². The number of rotatable bonds is 8. The molecule has 166 valence electrons. The van der Waals surface area contributed by atoms with Gasteiger partial charge in [0, 0.05) is 46.7 Å². The maximum atomic E-state index is 12.5. The second kappa shape index (κ2) is 10.7. The fraction of sp³-hybridized carbons (Fsp3) is 0.391. The molecule has 1 N–H and O–H groups in total. The number of nitrogens with zero attached hydrogens (tertiary/aromatic N) is 3. The highest BCUT2D eigenvalue weighted by atomic mass is 19.3. The van der Waals surface area contributed by atoms with Crippen LogP contribution in [-0.2, 0) is 24.4 Å². The number of benzene rings is 2. The van der Waals surface area contributed by atoms with Gasteiger partial charge in [-0.3, -0.25) is 9.79 Å². The predicted octanol–water partition coefficient (Wildman–Crippen LogP) is 3.62. The molecular formula is C23H28F2N4O2. The summed E-state index contributed by atoms with van der Waals surface area (Å²) in [6.07, 6.45) is 1.19. The van der Waals surface area contributed by atoms with E-state index in [1.54, 1.807) is 19.2 Å². The molecule has 31 heavy (non-hydrogen) atoms. The second-order valence-electron chi connectivity index (χ2n) is 7.47. The molecule has 1 amide bonds. The summed E-state index contributed by atoms with van der Waals surface area (Å²) in [5.74, 6) is 0.996. The number of nitrogens with one attached hydrogen (secondary N) is 1. The molecule has 1 heterocycles. The van der Waals surface area contributed by atoms with Crippen LogP contribution in [0.5, 0.6) is 5.75 Å². The maximum absolute atomic E-state index is 12.5. The molecular weight excluding hydrogens is 402 g/mol. The van der Waals surface area contributed by atoms with Crippen molar-refractivity contribution in [3.8, 4) is 5.75 Å². The van der Waals surface area contributed by atoms with Crippen molar-refractivity contribution in [3.63, 3.8) is 0 Å². The van der Waals surface area contributed by atoms with Crippen molar-refractivity contribution >= 4 is 11.9 Å². The lowest BCUT2D eigenvalue weighted by atomic mass is 10.1. The van der Waals surface area contributed by atoms with Crippen molar-refractivity contribution in [1.82, 2.24) is 15.1 Å². The lowest BCUT2D eigenvalue weighted by Crippen LogP contribution is -2.39. The van der Waals surface area contributed by atoms with E-state index in [0.29, 0.717) is 45.0 Å². The van der Waals surface area contributed by atoms with Gasteiger partial charge in [-0.05, 0) is 35.2 Å². The number of alkyl halides is 2. The molecule has 0 atom stereocenters. The summed E-state index contributed by atoms with van der Waals surface area (Å²) in [4.78, 5) is 20.6. The zero-order valence-corrected chi connectivity index (χ0v) is 17.9. The molecule has 0 fully saturated rings. The lowest BCUT2D eigenvalue weighted by molar-refractivity contribution is -0.131. The number of amides is 1. The molecule has 0 spiro atoms. The fourth-order valence-corrected chi connectivity index (χ4v) is 3.62. The normalized spacial score (nSPS) is 13.3. The molecule has 3 rings (SSSR count). The van der Waals surface area contributed by atoms with Crippen molar-refractivity contribution in [2.45, 2.75) is 39.1 Å². The van der Waals surface area contributed by atoms with Crippen molar-refractivity contribution in [2.75, 3.05) is 20.6 Å². The number of ether oxygens (including phenoxy) is 1. The number of guanidine groups is 1. The molecule has 2 aromatic rings. The van der Waals surface area contributed by atoms with Crippen molar-refractivity contribution in [3.05, 3.63) is 65.2 Å². The topological polar surface area (TPSA) is 57.2 Å². The highest BCUT2D eigenvalue weighted by Gasteiger charge is 2.22. The van der Waals surface area contributed by atoms with E-state index in [9.17, 15) is 13.6 Å². The van der Waals surface area contributed by atoms with E-state index in [2.05, 4.69) is 27.2 Å². The van der Waals surface area contributed by atoms with Crippen LogP contribution in [0, 0.1) is 0 Å². The summed E-state index contributed by atoms with van der Waals surface area (Å²) >= 11 is 0. The van der Waals surface area contributed by atoms with Gasteiger partial charge in [0.05, 0.1) is 0 Å². The Morgan fingerprint density at radius 2 is 1.81 bits per heavy atom. The summed E-state index contributed by atoms with van der Waals surface area (Å²) in [5, 5.41) is 3.27. The number of fused-ring (bicyclic) bond motifs is 1. The minimum Gasteiger partial charge on any atom is -0.435 e. The highest BCUT2D eigenvalue weighted by Crippen LogP contribution is 2.23. The lowest BCUT2D eigenvalue weighted by Gasteiger charge is -2.22. The Kier molecular flexibility index (Phi) is 7.81. The number of hydrogen-bond donors (Lipinski definition) is 1. The van der Waals surface area contributed by atoms with Gasteiger partial charge in [-0.25, -0.2) is 0 Å². The van der Waals surface area contributed by atoms with E-state index in [1.165, 1.54) is 23.3 Å². The zero-order chi connectivity index (χ0) is 22.2. The van der Waals surface area contributed by atoms with E-state index >= 15 is 0 Å². The highest BCUT2D eigenvalue weighted by molar-refractivity contribution is 5.80. The van der Waals surface area contributed by atoms with Crippen molar-refractivity contribution < 1.29 is 18.3 Å². The minimum atomic E-state index is -2.83. The van der Waals surface area contributed by atoms with Gasteiger partial charge < -0.3 is 19.9 Å². The first-order chi connectivity index (χ1) is 15.0. The van der Waals surface area contributed by atoms with Gasteiger partial charge in [0.25, 0.3) is 0 Å². The van der Waals surface area contributed by atoms with Crippen molar-refractivity contribution in [2.24, 2.45) is 4.99 Å². The Balaban J connectivity index is 1.39. The molecule has 0 aliphatic carbocycles. The Morgan fingerprint density at radius 3 is 2.39 bits per heavy atom. The number of carbonyl (C=O) groups is 1. The molecule has 1 aliphatic heterocycles. The van der Waals surface area contributed by atoms with Crippen molar-refractivity contribution in [1.29, 1.82) is 0 Å². The number of halogens is 2. The zero-order valence-electron chi connectivity index (χ0n) is 17.9. The first-order valence-electron chi connectivity index (χ1n) is 10.3. The molecule has 0 saturated heterocycles. The second-order valence-corrected chi connectivity index (χ2v) is 7.47. The SMILES string of the molecule is CN=C(NCCCC(=O)N1Cc2ccccc2C1)N(C)Cc1ccc(OC(F)F)cc1. The van der Waals surface area contributed by atoms with Gasteiger partial charge >= 0.3 is 6.61 Å². The maximum Gasteiger partial charge on any atom is 0.387 e. The molecule has 0 unspecified atom stereocenters. The van der Waals surface area contributed by atoms with Gasteiger partial charge in [-0.1, -0.05) is 36.4 Å². The van der Waals surface area contributed by atoms with Gasteiger partial charge in [0.2, 0.25) is 5.91 Å². The third kappa shape index (κ3) is 6.41. The largest absolute Gasteiger partial charge is 0.435 e.